The van der Waals surface area contributed by atoms with Gasteiger partial charge in [-0.2, -0.15) is 0 Å². The number of amides is 1. The van der Waals surface area contributed by atoms with Crippen molar-refractivity contribution in [2.24, 2.45) is 5.84 Å². The van der Waals surface area contributed by atoms with Gasteiger partial charge in [0.05, 0.1) is 5.75 Å². The van der Waals surface area contributed by atoms with Crippen molar-refractivity contribution < 1.29 is 4.79 Å². The monoisotopic (exact) mass is 196 g/mol. The Bertz CT molecular complexity index is 301. The number of benzene rings is 1. The molecule has 1 rings (SSSR count). The molecule has 0 fully saturated rings. The van der Waals surface area contributed by atoms with Gasteiger partial charge in [-0.1, -0.05) is 17.7 Å². The van der Waals surface area contributed by atoms with E-state index in [0.717, 1.165) is 4.90 Å². The molecule has 3 nitrogen and oxygen atoms in total. The number of rotatable bonds is 3. The lowest BCUT2D eigenvalue weighted by atomic mass is 10.2. The number of nitrogens with one attached hydrogen (secondary N) is 1. The summed E-state index contributed by atoms with van der Waals surface area (Å²) in [6.07, 6.45) is 0. The highest BCUT2D eigenvalue weighted by molar-refractivity contribution is 8.00. The van der Waals surface area contributed by atoms with Crippen LogP contribution in [0, 0.1) is 6.92 Å². The summed E-state index contributed by atoms with van der Waals surface area (Å²) in [6, 6.07) is 8.00. The van der Waals surface area contributed by atoms with E-state index in [0.29, 0.717) is 5.75 Å². The van der Waals surface area contributed by atoms with Crippen LogP contribution in [0.4, 0.5) is 0 Å². The molecule has 0 unspecified atom stereocenters. The number of hydrogen-bond acceptors (Lipinski definition) is 3. The first-order valence-corrected chi connectivity index (χ1v) is 4.90. The number of hydrogen-bond donors (Lipinski definition) is 2. The lowest BCUT2D eigenvalue weighted by Gasteiger charge is -2.01. The van der Waals surface area contributed by atoms with E-state index >= 15 is 0 Å². The summed E-state index contributed by atoms with van der Waals surface area (Å²) < 4.78 is 0. The normalized spacial score (nSPS) is 9.69. The van der Waals surface area contributed by atoms with E-state index in [9.17, 15) is 4.79 Å². The zero-order valence-corrected chi connectivity index (χ0v) is 8.23. The minimum absolute atomic E-state index is 0.161. The van der Waals surface area contributed by atoms with Crippen LogP contribution in [0.1, 0.15) is 5.56 Å². The second kappa shape index (κ2) is 4.89. The van der Waals surface area contributed by atoms with Crippen LogP contribution in [0.3, 0.4) is 0 Å². The predicted molar refractivity (Wildman–Crippen MR) is 54.2 cm³/mol. The molecular weight excluding hydrogens is 184 g/mol. The Morgan fingerprint density at radius 2 is 2.38 bits per heavy atom. The summed E-state index contributed by atoms with van der Waals surface area (Å²) >= 11 is 1.48. The summed E-state index contributed by atoms with van der Waals surface area (Å²) in [5, 5.41) is 0. The number of carbonyl (C=O) groups is 1. The average molecular weight is 196 g/mol. The molecule has 1 amide bonds. The summed E-state index contributed by atoms with van der Waals surface area (Å²) in [5.74, 6) is 5.15. The maximum absolute atomic E-state index is 10.8. The number of hydrazine groups is 1. The lowest BCUT2D eigenvalue weighted by molar-refractivity contribution is -0.118. The molecular formula is C9H12N2OS. The second-order valence-corrected chi connectivity index (χ2v) is 3.72. The van der Waals surface area contributed by atoms with Gasteiger partial charge in [-0.05, 0) is 19.1 Å². The number of thioether (sulfide) groups is 1. The third-order valence-electron chi connectivity index (χ3n) is 1.52. The van der Waals surface area contributed by atoms with E-state index in [1.54, 1.807) is 0 Å². The van der Waals surface area contributed by atoms with Gasteiger partial charge >= 0.3 is 0 Å². The molecule has 0 heterocycles. The Morgan fingerprint density at radius 1 is 1.62 bits per heavy atom. The van der Waals surface area contributed by atoms with Gasteiger partial charge in [-0.3, -0.25) is 10.2 Å². The van der Waals surface area contributed by atoms with Gasteiger partial charge in [-0.15, -0.1) is 11.8 Å². The molecule has 0 radical (unpaired) electrons. The molecule has 13 heavy (non-hydrogen) atoms. The molecule has 0 aromatic heterocycles. The molecule has 0 atom stereocenters. The first-order chi connectivity index (χ1) is 6.22. The predicted octanol–water partition coefficient (Wildman–Crippen LogP) is 1.08. The van der Waals surface area contributed by atoms with Crippen LogP contribution in [0.5, 0.6) is 0 Å². The molecule has 0 saturated heterocycles. The Hall–Kier alpha value is -1.00. The van der Waals surface area contributed by atoms with E-state index in [1.165, 1.54) is 17.3 Å². The van der Waals surface area contributed by atoms with Crippen molar-refractivity contribution in [3.63, 3.8) is 0 Å². The van der Waals surface area contributed by atoms with Gasteiger partial charge in [0, 0.05) is 4.90 Å². The fraction of sp³-hybridized carbons (Fsp3) is 0.222. The third kappa shape index (κ3) is 3.48. The summed E-state index contributed by atoms with van der Waals surface area (Å²) in [4.78, 5) is 11.9. The molecule has 0 aliphatic rings. The van der Waals surface area contributed by atoms with Gasteiger partial charge in [0.2, 0.25) is 5.91 Å². The number of carbonyl (C=O) groups excluding carboxylic acids is 1. The minimum atomic E-state index is -0.161. The highest BCUT2D eigenvalue weighted by Crippen LogP contribution is 2.18. The first kappa shape index (κ1) is 10.1. The molecule has 0 aliphatic carbocycles. The van der Waals surface area contributed by atoms with Crippen molar-refractivity contribution in [2.75, 3.05) is 5.75 Å². The van der Waals surface area contributed by atoms with E-state index in [4.69, 9.17) is 5.84 Å². The Labute approximate surface area is 81.7 Å². The van der Waals surface area contributed by atoms with E-state index in [-0.39, 0.29) is 5.91 Å². The van der Waals surface area contributed by atoms with Crippen LogP contribution >= 0.6 is 11.8 Å². The molecule has 4 heteroatoms. The van der Waals surface area contributed by atoms with Gasteiger partial charge < -0.3 is 0 Å². The topological polar surface area (TPSA) is 55.1 Å². The van der Waals surface area contributed by atoms with Crippen LogP contribution in [0.25, 0.3) is 0 Å². The van der Waals surface area contributed by atoms with Gasteiger partial charge in [0.25, 0.3) is 0 Å². The van der Waals surface area contributed by atoms with Crippen LogP contribution in [0.2, 0.25) is 0 Å². The number of nitrogens with two attached hydrogens (primary N) is 1. The minimum Gasteiger partial charge on any atom is -0.294 e. The van der Waals surface area contributed by atoms with Crippen LogP contribution in [0.15, 0.2) is 29.2 Å². The van der Waals surface area contributed by atoms with Crippen molar-refractivity contribution in [3.05, 3.63) is 29.8 Å². The van der Waals surface area contributed by atoms with E-state index in [2.05, 4.69) is 5.43 Å². The second-order valence-electron chi connectivity index (χ2n) is 2.67. The summed E-state index contributed by atoms with van der Waals surface area (Å²) in [7, 11) is 0. The fourth-order valence-corrected chi connectivity index (χ4v) is 1.72. The SMILES string of the molecule is Cc1cccc(SCC(=O)NN)c1. The van der Waals surface area contributed by atoms with Crippen molar-refractivity contribution >= 4 is 17.7 Å². The van der Waals surface area contributed by atoms with Crippen molar-refractivity contribution in [3.8, 4) is 0 Å². The molecule has 1 aromatic carbocycles. The zero-order chi connectivity index (χ0) is 9.68. The Morgan fingerprint density at radius 3 is 3.00 bits per heavy atom. The maximum Gasteiger partial charge on any atom is 0.244 e. The molecule has 1 aromatic rings. The standard InChI is InChI=1S/C9H12N2OS/c1-7-3-2-4-8(5-7)13-6-9(12)11-10/h2-5H,6,10H2,1H3,(H,11,12). The van der Waals surface area contributed by atoms with Crippen molar-refractivity contribution in [1.29, 1.82) is 0 Å². The Balaban J connectivity index is 2.50. The van der Waals surface area contributed by atoms with Crippen molar-refractivity contribution in [2.45, 2.75) is 11.8 Å². The highest BCUT2D eigenvalue weighted by Gasteiger charge is 1.99. The third-order valence-corrected chi connectivity index (χ3v) is 2.51. The molecule has 70 valence electrons. The van der Waals surface area contributed by atoms with Crippen LogP contribution < -0.4 is 11.3 Å². The molecule has 3 N–H and O–H groups in total. The van der Waals surface area contributed by atoms with Crippen LogP contribution in [-0.4, -0.2) is 11.7 Å². The zero-order valence-electron chi connectivity index (χ0n) is 7.41. The largest absolute Gasteiger partial charge is 0.294 e. The molecule has 0 spiro atoms. The first-order valence-electron chi connectivity index (χ1n) is 3.91. The molecule has 0 aliphatic heterocycles. The van der Waals surface area contributed by atoms with E-state index in [1.807, 2.05) is 31.2 Å². The highest BCUT2D eigenvalue weighted by atomic mass is 32.2. The van der Waals surface area contributed by atoms with Gasteiger partial charge in [0.1, 0.15) is 0 Å². The van der Waals surface area contributed by atoms with Crippen LogP contribution in [-0.2, 0) is 4.79 Å². The Kier molecular flexibility index (Phi) is 3.79. The fourth-order valence-electron chi connectivity index (χ4n) is 0.896. The number of aryl methyl sites for hydroxylation is 1. The van der Waals surface area contributed by atoms with E-state index < -0.39 is 0 Å². The maximum atomic E-state index is 10.8. The van der Waals surface area contributed by atoms with Gasteiger partial charge in [0.15, 0.2) is 0 Å². The average Bonchev–Trinajstić information content (AvgIpc) is 2.14. The quantitative estimate of drug-likeness (QED) is 0.329. The molecule has 0 saturated carbocycles. The summed E-state index contributed by atoms with van der Waals surface area (Å²) in [6.45, 7) is 2.02. The smallest absolute Gasteiger partial charge is 0.244 e. The summed E-state index contributed by atoms with van der Waals surface area (Å²) in [5.41, 5.74) is 3.28. The molecule has 0 bridgehead atoms. The van der Waals surface area contributed by atoms with Gasteiger partial charge in [-0.25, -0.2) is 5.84 Å². The van der Waals surface area contributed by atoms with Crippen molar-refractivity contribution in [1.82, 2.24) is 5.43 Å². The lowest BCUT2D eigenvalue weighted by Crippen LogP contribution is -2.31.